The lowest BCUT2D eigenvalue weighted by Crippen LogP contribution is -2.14. The van der Waals surface area contributed by atoms with E-state index in [4.69, 9.17) is 24.3 Å². The second kappa shape index (κ2) is 9.77. The smallest absolute Gasteiger partial charge is 0.206 e. The molecule has 3 aromatic rings. The van der Waals surface area contributed by atoms with Crippen LogP contribution in [0.3, 0.4) is 0 Å². The van der Waals surface area contributed by atoms with Gasteiger partial charge in [0, 0.05) is 10.9 Å². The molecule has 2 heterocycles. The molecule has 0 saturated carbocycles. The molecule has 0 atom stereocenters. The van der Waals surface area contributed by atoms with E-state index >= 15 is 0 Å². The zero-order valence-corrected chi connectivity index (χ0v) is 19.4. The standard InChI is InChI=1S/C22H25N3O3S2/c1-14(2)12-23-22-25(24-15(3)20-8-7-9-29-20)17(13-30-22)16-10-18(26-4)21(28-6)19(11-16)27-5/h7-11,13H,1,12H2,2-6H3. The van der Waals surface area contributed by atoms with E-state index < -0.39 is 0 Å². The van der Waals surface area contributed by atoms with Crippen LogP contribution >= 0.6 is 22.7 Å². The van der Waals surface area contributed by atoms with Crippen LogP contribution in [0.15, 0.2) is 57.3 Å². The van der Waals surface area contributed by atoms with Gasteiger partial charge in [0.2, 0.25) is 10.6 Å². The van der Waals surface area contributed by atoms with Crippen LogP contribution in [0.1, 0.15) is 18.7 Å². The molecule has 0 aliphatic carbocycles. The Labute approximate surface area is 184 Å². The van der Waals surface area contributed by atoms with Crippen molar-refractivity contribution in [3.63, 3.8) is 0 Å². The van der Waals surface area contributed by atoms with Gasteiger partial charge in [0.15, 0.2) is 11.5 Å². The van der Waals surface area contributed by atoms with Crippen molar-refractivity contribution < 1.29 is 14.2 Å². The number of hydrogen-bond donors (Lipinski definition) is 0. The minimum absolute atomic E-state index is 0.544. The maximum atomic E-state index is 5.53. The lowest BCUT2D eigenvalue weighted by Gasteiger charge is -2.14. The molecule has 0 aliphatic heterocycles. The zero-order valence-electron chi connectivity index (χ0n) is 17.8. The maximum absolute atomic E-state index is 5.53. The first kappa shape index (κ1) is 21.9. The monoisotopic (exact) mass is 443 g/mol. The molecule has 0 aliphatic rings. The van der Waals surface area contributed by atoms with E-state index in [-0.39, 0.29) is 0 Å². The van der Waals surface area contributed by atoms with Crippen LogP contribution in [-0.2, 0) is 0 Å². The molecule has 0 amide bonds. The number of nitrogens with zero attached hydrogens (tertiary/aromatic N) is 3. The van der Waals surface area contributed by atoms with Gasteiger partial charge in [-0.05, 0) is 37.4 Å². The Balaban J connectivity index is 2.22. The molecular weight excluding hydrogens is 418 g/mol. The van der Waals surface area contributed by atoms with Gasteiger partial charge in [0.1, 0.15) is 0 Å². The van der Waals surface area contributed by atoms with Gasteiger partial charge in [-0.3, -0.25) is 4.99 Å². The summed E-state index contributed by atoms with van der Waals surface area (Å²) in [7, 11) is 4.80. The molecular formula is C22H25N3O3S2. The van der Waals surface area contributed by atoms with Gasteiger partial charge in [-0.2, -0.15) is 5.10 Å². The van der Waals surface area contributed by atoms with Crippen LogP contribution in [0, 0.1) is 0 Å². The SMILES string of the molecule is C=C(C)CN=c1scc(-c2cc(OC)c(OC)c(OC)c2)n1N=C(C)c1cccs1. The third kappa shape index (κ3) is 4.66. The second-order valence-corrected chi connectivity index (χ2v) is 8.35. The molecule has 0 fully saturated rings. The molecule has 0 radical (unpaired) electrons. The van der Waals surface area contributed by atoms with Crippen LogP contribution in [0.25, 0.3) is 11.3 Å². The number of methoxy groups -OCH3 is 3. The van der Waals surface area contributed by atoms with Crippen molar-refractivity contribution in [1.82, 2.24) is 4.68 Å². The lowest BCUT2D eigenvalue weighted by atomic mass is 10.1. The van der Waals surface area contributed by atoms with E-state index in [0.717, 1.165) is 32.2 Å². The van der Waals surface area contributed by atoms with Crippen molar-refractivity contribution in [2.45, 2.75) is 13.8 Å². The number of thiophene rings is 1. The van der Waals surface area contributed by atoms with E-state index in [2.05, 4.69) is 12.6 Å². The highest BCUT2D eigenvalue weighted by molar-refractivity contribution is 7.12. The van der Waals surface area contributed by atoms with E-state index in [9.17, 15) is 0 Å². The number of aromatic nitrogens is 1. The molecule has 158 valence electrons. The van der Waals surface area contributed by atoms with Crippen LogP contribution in [0.2, 0.25) is 0 Å². The van der Waals surface area contributed by atoms with E-state index in [1.54, 1.807) is 32.7 Å². The van der Waals surface area contributed by atoms with Gasteiger partial charge in [-0.1, -0.05) is 18.2 Å². The van der Waals surface area contributed by atoms with Gasteiger partial charge in [-0.25, -0.2) is 4.68 Å². The fourth-order valence-corrected chi connectivity index (χ4v) is 4.32. The quantitative estimate of drug-likeness (QED) is 0.361. The molecule has 1 aromatic carbocycles. The summed E-state index contributed by atoms with van der Waals surface area (Å²) in [5.74, 6) is 1.73. The van der Waals surface area contributed by atoms with E-state index in [1.807, 2.05) is 47.5 Å². The molecule has 2 aromatic heterocycles. The highest BCUT2D eigenvalue weighted by atomic mass is 32.1. The second-order valence-electron chi connectivity index (χ2n) is 6.57. The Morgan fingerprint density at radius 2 is 1.77 bits per heavy atom. The normalized spacial score (nSPS) is 12.2. The molecule has 6 nitrogen and oxygen atoms in total. The topological polar surface area (TPSA) is 57.3 Å². The van der Waals surface area contributed by atoms with Gasteiger partial charge >= 0.3 is 0 Å². The Morgan fingerprint density at radius 3 is 2.30 bits per heavy atom. The largest absolute Gasteiger partial charge is 0.493 e. The molecule has 3 rings (SSSR count). The maximum Gasteiger partial charge on any atom is 0.206 e. The molecule has 0 N–H and O–H groups in total. The third-order valence-electron chi connectivity index (χ3n) is 4.26. The summed E-state index contributed by atoms with van der Waals surface area (Å²) in [6.07, 6.45) is 0. The number of benzene rings is 1. The average Bonchev–Trinajstić information content (AvgIpc) is 3.41. The molecule has 0 spiro atoms. The minimum atomic E-state index is 0.544. The molecule has 30 heavy (non-hydrogen) atoms. The fraction of sp³-hybridized carbons (Fsp3) is 0.273. The summed E-state index contributed by atoms with van der Waals surface area (Å²) < 4.78 is 18.4. The summed E-state index contributed by atoms with van der Waals surface area (Å²) in [5, 5.41) is 8.96. The summed E-state index contributed by atoms with van der Waals surface area (Å²) in [5.41, 5.74) is 3.67. The first-order valence-electron chi connectivity index (χ1n) is 9.23. The number of rotatable bonds is 8. The fourth-order valence-electron chi connectivity index (χ4n) is 2.82. The van der Waals surface area contributed by atoms with Crippen molar-refractivity contribution in [1.29, 1.82) is 0 Å². The molecule has 0 unspecified atom stereocenters. The minimum Gasteiger partial charge on any atom is -0.493 e. The molecule has 0 saturated heterocycles. The summed E-state index contributed by atoms with van der Waals surface area (Å²) in [4.78, 5) is 6.59. The lowest BCUT2D eigenvalue weighted by molar-refractivity contribution is 0.324. The van der Waals surface area contributed by atoms with Crippen molar-refractivity contribution in [3.05, 3.63) is 56.9 Å². The van der Waals surface area contributed by atoms with Crippen LogP contribution < -0.4 is 19.0 Å². The molecule has 0 bridgehead atoms. The van der Waals surface area contributed by atoms with Crippen LogP contribution in [0.5, 0.6) is 17.2 Å². The van der Waals surface area contributed by atoms with Gasteiger partial charge < -0.3 is 14.2 Å². The predicted octanol–water partition coefficient (Wildman–Crippen LogP) is 5.05. The summed E-state index contributed by atoms with van der Waals surface area (Å²) >= 11 is 3.18. The predicted molar refractivity (Wildman–Crippen MR) is 125 cm³/mol. The zero-order chi connectivity index (χ0) is 21.7. The Bertz CT molecular complexity index is 1100. The third-order valence-corrected chi connectivity index (χ3v) is 6.09. The first-order chi connectivity index (χ1) is 14.5. The Kier molecular flexibility index (Phi) is 7.12. The first-order valence-corrected chi connectivity index (χ1v) is 11.0. The van der Waals surface area contributed by atoms with E-state index in [0.29, 0.717) is 23.8 Å². The highest BCUT2D eigenvalue weighted by Crippen LogP contribution is 2.41. The Hall–Kier alpha value is -2.84. The average molecular weight is 444 g/mol. The van der Waals surface area contributed by atoms with Crippen molar-refractivity contribution >= 4 is 28.4 Å². The number of ether oxygens (including phenoxy) is 3. The summed E-state index contributed by atoms with van der Waals surface area (Å²) in [6.45, 7) is 8.45. The highest BCUT2D eigenvalue weighted by Gasteiger charge is 2.17. The van der Waals surface area contributed by atoms with Crippen LogP contribution in [-0.4, -0.2) is 38.3 Å². The summed E-state index contributed by atoms with van der Waals surface area (Å²) in [6, 6.07) is 7.90. The van der Waals surface area contributed by atoms with Gasteiger partial charge in [0.05, 0.1) is 44.2 Å². The van der Waals surface area contributed by atoms with Crippen molar-refractivity contribution in [2.75, 3.05) is 27.9 Å². The van der Waals surface area contributed by atoms with Gasteiger partial charge in [-0.15, -0.1) is 22.7 Å². The number of hydrogen-bond acceptors (Lipinski definition) is 7. The van der Waals surface area contributed by atoms with Crippen molar-refractivity contribution in [3.8, 4) is 28.5 Å². The van der Waals surface area contributed by atoms with Gasteiger partial charge in [0.25, 0.3) is 0 Å². The van der Waals surface area contributed by atoms with Crippen LogP contribution in [0.4, 0.5) is 0 Å². The van der Waals surface area contributed by atoms with E-state index in [1.165, 1.54) is 11.3 Å². The van der Waals surface area contributed by atoms with Crippen molar-refractivity contribution in [2.24, 2.45) is 10.1 Å². The Morgan fingerprint density at radius 1 is 1.07 bits per heavy atom. The number of thiazole rings is 1. The molecule has 8 heteroatoms.